The Kier molecular flexibility index (Phi) is 5.17. The van der Waals surface area contributed by atoms with E-state index >= 15 is 0 Å². The minimum absolute atomic E-state index is 0.114. The zero-order valence-electron chi connectivity index (χ0n) is 14.1. The first-order valence-electron chi connectivity index (χ1n) is 8.07. The maximum Gasteiger partial charge on any atom is 0.251 e. The number of benzene rings is 1. The average molecular weight is 352 g/mol. The number of rotatable bonds is 5. The molecule has 132 valence electrons. The summed E-state index contributed by atoms with van der Waals surface area (Å²) < 4.78 is 12.9. The van der Waals surface area contributed by atoms with Crippen LogP contribution in [0, 0.1) is 5.82 Å². The molecule has 2 aromatic heterocycles. The number of nitrogens with zero attached hydrogens (tertiary/aromatic N) is 2. The number of aromatic amines is 1. The van der Waals surface area contributed by atoms with Crippen molar-refractivity contribution in [3.05, 3.63) is 82.3 Å². The standard InChI is InChI=1S/C19H17FN4O2/c1-12(22-17(25)9-13-4-6-15(20)7-5-13)16-10-18(26)24-19(23-16)14-3-2-8-21-11-14/h2-8,10-12H,9H2,1H3,(H,22,25)(H,23,24,26)/t12-/m0/s1. The van der Waals surface area contributed by atoms with Gasteiger partial charge in [-0.1, -0.05) is 12.1 Å². The molecule has 0 aliphatic rings. The van der Waals surface area contributed by atoms with Crippen molar-refractivity contribution in [1.29, 1.82) is 0 Å². The van der Waals surface area contributed by atoms with E-state index in [1.165, 1.54) is 18.2 Å². The highest BCUT2D eigenvalue weighted by Gasteiger charge is 2.14. The van der Waals surface area contributed by atoms with E-state index in [0.717, 1.165) is 0 Å². The molecule has 3 rings (SSSR count). The van der Waals surface area contributed by atoms with Crippen LogP contribution in [-0.4, -0.2) is 20.9 Å². The van der Waals surface area contributed by atoms with E-state index in [0.29, 0.717) is 22.6 Å². The number of hydrogen-bond acceptors (Lipinski definition) is 4. The maximum absolute atomic E-state index is 12.9. The van der Waals surface area contributed by atoms with Gasteiger partial charge in [-0.2, -0.15) is 0 Å². The van der Waals surface area contributed by atoms with Gasteiger partial charge in [-0.05, 0) is 36.8 Å². The summed E-state index contributed by atoms with van der Waals surface area (Å²) in [6.45, 7) is 1.75. The van der Waals surface area contributed by atoms with Gasteiger partial charge < -0.3 is 10.3 Å². The zero-order chi connectivity index (χ0) is 18.5. The van der Waals surface area contributed by atoms with E-state index in [1.807, 2.05) is 0 Å². The van der Waals surface area contributed by atoms with Crippen LogP contribution in [0.1, 0.15) is 24.2 Å². The Bertz CT molecular complexity index is 955. The fourth-order valence-corrected chi connectivity index (χ4v) is 2.49. The number of pyridine rings is 1. The topological polar surface area (TPSA) is 87.7 Å². The molecule has 0 saturated heterocycles. The molecular formula is C19H17FN4O2. The molecule has 26 heavy (non-hydrogen) atoms. The van der Waals surface area contributed by atoms with E-state index in [4.69, 9.17) is 0 Å². The van der Waals surface area contributed by atoms with Gasteiger partial charge in [0, 0.05) is 24.0 Å². The van der Waals surface area contributed by atoms with Gasteiger partial charge in [0.2, 0.25) is 5.91 Å². The number of halogens is 1. The van der Waals surface area contributed by atoms with Crippen LogP contribution >= 0.6 is 0 Å². The zero-order valence-corrected chi connectivity index (χ0v) is 14.1. The van der Waals surface area contributed by atoms with Crippen LogP contribution < -0.4 is 10.9 Å². The predicted molar refractivity (Wildman–Crippen MR) is 94.8 cm³/mol. The molecule has 0 spiro atoms. The first kappa shape index (κ1) is 17.5. The van der Waals surface area contributed by atoms with Crippen LogP contribution in [0.25, 0.3) is 11.4 Å². The molecule has 0 saturated carbocycles. The summed E-state index contributed by atoms with van der Waals surface area (Å²) in [7, 11) is 0. The number of hydrogen-bond donors (Lipinski definition) is 2. The van der Waals surface area contributed by atoms with E-state index < -0.39 is 6.04 Å². The lowest BCUT2D eigenvalue weighted by Crippen LogP contribution is -2.29. The molecule has 2 heterocycles. The highest BCUT2D eigenvalue weighted by atomic mass is 19.1. The number of amides is 1. The summed E-state index contributed by atoms with van der Waals surface area (Å²) in [6, 6.07) is 10.2. The highest BCUT2D eigenvalue weighted by Crippen LogP contribution is 2.15. The second-order valence-corrected chi connectivity index (χ2v) is 5.85. The van der Waals surface area contributed by atoms with Gasteiger partial charge in [0.05, 0.1) is 18.2 Å². The number of aromatic nitrogens is 3. The average Bonchev–Trinajstić information content (AvgIpc) is 2.64. The van der Waals surface area contributed by atoms with Crippen LogP contribution in [0.2, 0.25) is 0 Å². The first-order chi connectivity index (χ1) is 12.5. The Morgan fingerprint density at radius 3 is 2.73 bits per heavy atom. The van der Waals surface area contributed by atoms with Gasteiger partial charge in [0.15, 0.2) is 0 Å². The van der Waals surface area contributed by atoms with Crippen molar-refractivity contribution >= 4 is 5.91 Å². The van der Waals surface area contributed by atoms with E-state index in [9.17, 15) is 14.0 Å². The second-order valence-electron chi connectivity index (χ2n) is 5.85. The molecule has 0 unspecified atom stereocenters. The van der Waals surface area contributed by atoms with Crippen LogP contribution in [0.15, 0.2) is 59.7 Å². The summed E-state index contributed by atoms with van der Waals surface area (Å²) >= 11 is 0. The number of carbonyl (C=O) groups is 1. The fourth-order valence-electron chi connectivity index (χ4n) is 2.49. The molecule has 1 aromatic carbocycles. The fraction of sp³-hybridized carbons (Fsp3) is 0.158. The Morgan fingerprint density at radius 2 is 2.04 bits per heavy atom. The molecule has 0 aliphatic carbocycles. The molecule has 0 radical (unpaired) electrons. The van der Waals surface area contributed by atoms with Crippen LogP contribution in [-0.2, 0) is 11.2 Å². The third kappa shape index (κ3) is 4.38. The molecule has 1 atom stereocenters. The van der Waals surface area contributed by atoms with Crippen molar-refractivity contribution in [2.75, 3.05) is 0 Å². The molecule has 7 heteroatoms. The van der Waals surface area contributed by atoms with Gasteiger partial charge in [-0.15, -0.1) is 0 Å². The summed E-state index contributed by atoms with van der Waals surface area (Å²) in [5.41, 5.74) is 1.51. The van der Waals surface area contributed by atoms with Crippen molar-refractivity contribution in [3.63, 3.8) is 0 Å². The third-order valence-corrected chi connectivity index (χ3v) is 3.80. The molecule has 2 N–H and O–H groups in total. The largest absolute Gasteiger partial charge is 0.348 e. The molecule has 1 amide bonds. The quantitative estimate of drug-likeness (QED) is 0.738. The van der Waals surface area contributed by atoms with Gasteiger partial charge >= 0.3 is 0 Å². The van der Waals surface area contributed by atoms with Crippen LogP contribution in [0.4, 0.5) is 4.39 Å². The maximum atomic E-state index is 12.9. The van der Waals surface area contributed by atoms with Crippen molar-refractivity contribution in [3.8, 4) is 11.4 Å². The number of H-pyrrole nitrogens is 1. The molecule has 0 aliphatic heterocycles. The molecular weight excluding hydrogens is 335 g/mol. The predicted octanol–water partition coefficient (Wildman–Crippen LogP) is 2.39. The van der Waals surface area contributed by atoms with Gasteiger partial charge in [-0.25, -0.2) is 9.37 Å². The van der Waals surface area contributed by atoms with Gasteiger partial charge in [-0.3, -0.25) is 14.6 Å². The molecule has 3 aromatic rings. The van der Waals surface area contributed by atoms with E-state index in [2.05, 4.69) is 20.3 Å². The lowest BCUT2D eigenvalue weighted by molar-refractivity contribution is -0.121. The van der Waals surface area contributed by atoms with Gasteiger partial charge in [0.1, 0.15) is 11.6 Å². The Morgan fingerprint density at radius 1 is 1.27 bits per heavy atom. The minimum Gasteiger partial charge on any atom is -0.348 e. The smallest absolute Gasteiger partial charge is 0.251 e. The Labute approximate surface area is 149 Å². The Balaban J connectivity index is 1.74. The summed E-state index contributed by atoms with van der Waals surface area (Å²) in [4.78, 5) is 35.2. The van der Waals surface area contributed by atoms with E-state index in [1.54, 1.807) is 43.6 Å². The molecule has 0 bridgehead atoms. The molecule has 0 fully saturated rings. The lowest BCUT2D eigenvalue weighted by atomic mass is 10.1. The summed E-state index contributed by atoms with van der Waals surface area (Å²) in [6.07, 6.45) is 3.34. The van der Waals surface area contributed by atoms with Crippen molar-refractivity contribution in [2.24, 2.45) is 0 Å². The monoisotopic (exact) mass is 352 g/mol. The normalized spacial score (nSPS) is 11.8. The third-order valence-electron chi connectivity index (χ3n) is 3.80. The van der Waals surface area contributed by atoms with E-state index in [-0.39, 0.29) is 23.7 Å². The highest BCUT2D eigenvalue weighted by molar-refractivity contribution is 5.78. The van der Waals surface area contributed by atoms with Crippen molar-refractivity contribution < 1.29 is 9.18 Å². The lowest BCUT2D eigenvalue weighted by Gasteiger charge is -2.14. The molecule has 6 nitrogen and oxygen atoms in total. The SMILES string of the molecule is C[C@H](NC(=O)Cc1ccc(F)cc1)c1cc(=O)[nH]c(-c2cccnc2)n1. The number of nitrogens with one attached hydrogen (secondary N) is 2. The van der Waals surface area contributed by atoms with Gasteiger partial charge in [0.25, 0.3) is 5.56 Å². The van der Waals surface area contributed by atoms with Crippen molar-refractivity contribution in [2.45, 2.75) is 19.4 Å². The number of carbonyl (C=O) groups excluding carboxylic acids is 1. The summed E-state index contributed by atoms with van der Waals surface area (Å²) in [5.74, 6) is -0.201. The van der Waals surface area contributed by atoms with Crippen LogP contribution in [0.5, 0.6) is 0 Å². The Hall–Kier alpha value is -3.35. The van der Waals surface area contributed by atoms with Crippen molar-refractivity contribution in [1.82, 2.24) is 20.3 Å². The van der Waals surface area contributed by atoms with Crippen LogP contribution in [0.3, 0.4) is 0 Å². The minimum atomic E-state index is -0.458. The summed E-state index contributed by atoms with van der Waals surface area (Å²) in [5, 5.41) is 2.80. The second kappa shape index (κ2) is 7.69. The first-order valence-corrected chi connectivity index (χ1v) is 8.07.